The van der Waals surface area contributed by atoms with Gasteiger partial charge < -0.3 is 16.2 Å². The predicted octanol–water partition coefficient (Wildman–Crippen LogP) is 2.15. The maximum absolute atomic E-state index is 11.8. The van der Waals surface area contributed by atoms with Crippen LogP contribution in [0, 0.1) is 17.3 Å². The van der Waals surface area contributed by atoms with Gasteiger partial charge in [-0.3, -0.25) is 9.59 Å². The summed E-state index contributed by atoms with van der Waals surface area (Å²) in [6.45, 7) is 8.80. The molecular formula is C16H30N2O3. The van der Waals surface area contributed by atoms with Crippen molar-refractivity contribution < 1.29 is 14.7 Å². The number of rotatable bonds is 8. The van der Waals surface area contributed by atoms with E-state index in [2.05, 4.69) is 26.1 Å². The zero-order valence-electron chi connectivity index (χ0n) is 13.7. The molecule has 0 saturated heterocycles. The molecule has 0 heterocycles. The highest BCUT2D eigenvalue weighted by atomic mass is 16.4. The molecule has 0 aromatic carbocycles. The number of nitrogens with two attached hydrogens (primary N) is 1. The number of amides is 1. The quantitative estimate of drug-likeness (QED) is 0.640. The van der Waals surface area contributed by atoms with E-state index >= 15 is 0 Å². The van der Waals surface area contributed by atoms with E-state index in [1.165, 1.54) is 12.8 Å². The molecule has 1 rings (SSSR count). The fourth-order valence-corrected chi connectivity index (χ4v) is 3.01. The van der Waals surface area contributed by atoms with E-state index in [1.807, 2.05) is 6.92 Å². The molecule has 1 saturated carbocycles. The highest BCUT2D eigenvalue weighted by molar-refractivity contribution is 5.86. The number of carbonyl (C=O) groups is 2. The van der Waals surface area contributed by atoms with Crippen LogP contribution in [0.5, 0.6) is 0 Å². The van der Waals surface area contributed by atoms with Gasteiger partial charge in [0.1, 0.15) is 0 Å². The molecule has 2 unspecified atom stereocenters. The van der Waals surface area contributed by atoms with Crippen molar-refractivity contribution in [3.05, 3.63) is 0 Å². The molecule has 0 aliphatic heterocycles. The lowest BCUT2D eigenvalue weighted by atomic mass is 9.74. The Balaban J connectivity index is 2.37. The van der Waals surface area contributed by atoms with Crippen LogP contribution in [-0.2, 0) is 9.59 Å². The van der Waals surface area contributed by atoms with Crippen LogP contribution in [0.15, 0.2) is 0 Å². The lowest BCUT2D eigenvalue weighted by Gasteiger charge is -2.32. The summed E-state index contributed by atoms with van der Waals surface area (Å²) < 4.78 is 0. The van der Waals surface area contributed by atoms with Crippen LogP contribution >= 0.6 is 0 Å². The lowest BCUT2D eigenvalue weighted by Crippen LogP contribution is -2.45. The van der Waals surface area contributed by atoms with E-state index < -0.39 is 12.0 Å². The predicted molar refractivity (Wildman–Crippen MR) is 82.7 cm³/mol. The summed E-state index contributed by atoms with van der Waals surface area (Å²) in [5.74, 6) is 0.0992. The van der Waals surface area contributed by atoms with Gasteiger partial charge in [0, 0.05) is 6.04 Å². The smallest absolute Gasteiger partial charge is 0.305 e. The summed E-state index contributed by atoms with van der Waals surface area (Å²) in [5.41, 5.74) is 5.85. The Morgan fingerprint density at radius 3 is 2.29 bits per heavy atom. The Bertz CT molecular complexity index is 372. The van der Waals surface area contributed by atoms with E-state index in [-0.39, 0.29) is 18.4 Å². The third-order valence-electron chi connectivity index (χ3n) is 4.33. The second-order valence-corrected chi connectivity index (χ2v) is 7.50. The van der Waals surface area contributed by atoms with Crippen LogP contribution in [0.4, 0.5) is 0 Å². The maximum atomic E-state index is 11.8. The van der Waals surface area contributed by atoms with Crippen molar-refractivity contribution in [2.75, 3.05) is 0 Å². The Kier molecular flexibility index (Phi) is 6.20. The molecule has 0 spiro atoms. The molecule has 4 N–H and O–H groups in total. The van der Waals surface area contributed by atoms with Gasteiger partial charge in [-0.2, -0.15) is 0 Å². The normalized spacial score (nSPS) is 19.7. The van der Waals surface area contributed by atoms with E-state index in [4.69, 9.17) is 10.8 Å². The van der Waals surface area contributed by atoms with E-state index in [9.17, 15) is 9.59 Å². The molecule has 1 aliphatic rings. The van der Waals surface area contributed by atoms with Crippen LogP contribution in [0.3, 0.4) is 0 Å². The van der Waals surface area contributed by atoms with Crippen molar-refractivity contribution >= 4 is 11.9 Å². The average Bonchev–Trinajstić information content (AvgIpc) is 3.10. The topological polar surface area (TPSA) is 92.4 Å². The monoisotopic (exact) mass is 298 g/mol. The zero-order chi connectivity index (χ0) is 16.2. The minimum atomic E-state index is -1.05. The summed E-state index contributed by atoms with van der Waals surface area (Å²) in [6.07, 6.45) is 4.32. The van der Waals surface area contributed by atoms with Crippen molar-refractivity contribution in [3.63, 3.8) is 0 Å². The van der Waals surface area contributed by atoms with Gasteiger partial charge >= 0.3 is 5.97 Å². The van der Waals surface area contributed by atoms with Crippen LogP contribution in [-0.4, -0.2) is 29.1 Å². The maximum Gasteiger partial charge on any atom is 0.305 e. The number of aliphatic carboxylic acids is 1. The van der Waals surface area contributed by atoms with Crippen LogP contribution in [0.25, 0.3) is 0 Å². The molecule has 3 atom stereocenters. The molecule has 0 aromatic rings. The number of hydrogen-bond donors (Lipinski definition) is 3. The highest BCUT2D eigenvalue weighted by Crippen LogP contribution is 2.47. The molecule has 5 heteroatoms. The molecule has 122 valence electrons. The summed E-state index contributed by atoms with van der Waals surface area (Å²) in [4.78, 5) is 22.3. The molecule has 1 fully saturated rings. The average molecular weight is 298 g/mol. The van der Waals surface area contributed by atoms with Gasteiger partial charge in [-0.05, 0) is 49.9 Å². The molecule has 5 nitrogen and oxygen atoms in total. The number of hydrogen-bond acceptors (Lipinski definition) is 3. The van der Waals surface area contributed by atoms with E-state index in [1.54, 1.807) is 0 Å². The van der Waals surface area contributed by atoms with Gasteiger partial charge in [-0.25, -0.2) is 0 Å². The fraction of sp³-hybridized carbons (Fsp3) is 0.875. The number of nitrogens with one attached hydrogen (secondary N) is 1. The fourth-order valence-electron chi connectivity index (χ4n) is 3.01. The molecule has 0 radical (unpaired) electrons. The minimum absolute atomic E-state index is 0.0287. The molecule has 0 bridgehead atoms. The zero-order valence-corrected chi connectivity index (χ0v) is 13.7. The van der Waals surface area contributed by atoms with E-state index in [0.29, 0.717) is 11.3 Å². The first kappa shape index (κ1) is 18.0. The molecule has 1 amide bonds. The largest absolute Gasteiger partial charge is 0.481 e. The summed E-state index contributed by atoms with van der Waals surface area (Å²) >= 11 is 0. The van der Waals surface area contributed by atoms with Gasteiger partial charge in [-0.1, -0.05) is 20.8 Å². The summed E-state index contributed by atoms with van der Waals surface area (Å²) in [6, 6.07) is -0.937. The number of carbonyl (C=O) groups excluding carboxylic acids is 1. The second kappa shape index (κ2) is 7.25. The Morgan fingerprint density at radius 2 is 1.86 bits per heavy atom. The van der Waals surface area contributed by atoms with Crippen molar-refractivity contribution in [2.45, 2.75) is 71.9 Å². The standard InChI is InChI=1S/C16H30N2O3/c1-10(18-15(21)13(17)9-14(19)20)5-8-12(11-6-7-11)16(2,3)4/h10-13H,5-9,17H2,1-4H3,(H,18,21)(H,19,20)/t10?,12?,13-/m0/s1. The van der Waals surface area contributed by atoms with Crippen molar-refractivity contribution in [1.82, 2.24) is 5.32 Å². The van der Waals surface area contributed by atoms with E-state index in [0.717, 1.165) is 18.8 Å². The SMILES string of the molecule is CC(CCC(C1CC1)C(C)(C)C)NC(=O)[C@@H](N)CC(=O)O. The third-order valence-corrected chi connectivity index (χ3v) is 4.33. The first-order valence-corrected chi connectivity index (χ1v) is 7.89. The van der Waals surface area contributed by atoms with Gasteiger partial charge in [-0.15, -0.1) is 0 Å². The van der Waals surface area contributed by atoms with Gasteiger partial charge in [0.15, 0.2) is 0 Å². The highest BCUT2D eigenvalue weighted by Gasteiger charge is 2.38. The molecule has 0 aromatic heterocycles. The summed E-state index contributed by atoms with van der Waals surface area (Å²) in [7, 11) is 0. The summed E-state index contributed by atoms with van der Waals surface area (Å²) in [5, 5.41) is 11.5. The Labute approximate surface area is 127 Å². The van der Waals surface area contributed by atoms with Gasteiger partial charge in [0.2, 0.25) is 5.91 Å². The Hall–Kier alpha value is -1.10. The Morgan fingerprint density at radius 1 is 1.29 bits per heavy atom. The van der Waals surface area contributed by atoms with Gasteiger partial charge in [0.25, 0.3) is 0 Å². The number of carboxylic acids is 1. The molecular weight excluding hydrogens is 268 g/mol. The number of carboxylic acid groups (broad SMARTS) is 1. The second-order valence-electron chi connectivity index (χ2n) is 7.50. The lowest BCUT2D eigenvalue weighted by molar-refractivity contribution is -0.139. The van der Waals surface area contributed by atoms with Crippen molar-refractivity contribution in [2.24, 2.45) is 23.0 Å². The third kappa shape index (κ3) is 6.46. The first-order valence-electron chi connectivity index (χ1n) is 7.89. The first-order chi connectivity index (χ1) is 9.61. The minimum Gasteiger partial charge on any atom is -0.481 e. The van der Waals surface area contributed by atoms with Crippen LogP contribution < -0.4 is 11.1 Å². The van der Waals surface area contributed by atoms with Gasteiger partial charge in [0.05, 0.1) is 12.5 Å². The molecule has 1 aliphatic carbocycles. The van der Waals surface area contributed by atoms with Crippen molar-refractivity contribution in [1.29, 1.82) is 0 Å². The van der Waals surface area contributed by atoms with Crippen LogP contribution in [0.1, 0.15) is 59.8 Å². The van der Waals surface area contributed by atoms with Crippen molar-refractivity contribution in [3.8, 4) is 0 Å². The molecule has 21 heavy (non-hydrogen) atoms. The van der Waals surface area contributed by atoms with Crippen LogP contribution in [0.2, 0.25) is 0 Å².